The summed E-state index contributed by atoms with van der Waals surface area (Å²) in [5, 5.41) is 2.59. The first-order valence-electron chi connectivity index (χ1n) is 4.31. The summed E-state index contributed by atoms with van der Waals surface area (Å²) in [6.07, 6.45) is 0. The fourth-order valence-electron chi connectivity index (χ4n) is 1.27. The molecular weight excluding hydrogens is 315 g/mol. The summed E-state index contributed by atoms with van der Waals surface area (Å²) in [4.78, 5) is 1.13. The Kier molecular flexibility index (Phi) is 3.73. The molecule has 4 heteroatoms. The van der Waals surface area contributed by atoms with Crippen LogP contribution >= 0.6 is 50.5 Å². The average molecular weight is 322 g/mol. The van der Waals surface area contributed by atoms with Crippen LogP contribution in [0.15, 0.2) is 40.2 Å². The second-order valence-electron chi connectivity index (χ2n) is 3.05. The third-order valence-electron chi connectivity index (χ3n) is 2.03. The van der Waals surface area contributed by atoms with Gasteiger partial charge in [-0.25, -0.2) is 0 Å². The van der Waals surface area contributed by atoms with Crippen molar-refractivity contribution in [3.63, 3.8) is 0 Å². The van der Waals surface area contributed by atoms with E-state index in [-0.39, 0.29) is 5.38 Å². The van der Waals surface area contributed by atoms with Crippen LogP contribution < -0.4 is 0 Å². The van der Waals surface area contributed by atoms with Crippen LogP contribution in [0.4, 0.5) is 0 Å². The van der Waals surface area contributed by atoms with Gasteiger partial charge in [0, 0.05) is 9.35 Å². The van der Waals surface area contributed by atoms with Gasteiger partial charge in [-0.15, -0.1) is 22.9 Å². The maximum Gasteiger partial charge on any atom is 0.0928 e. The molecule has 0 aliphatic heterocycles. The molecule has 1 aromatic carbocycles. The molecule has 1 atom stereocenters. The Morgan fingerprint density at radius 1 is 1.27 bits per heavy atom. The maximum atomic E-state index is 6.33. The molecule has 1 unspecified atom stereocenters. The largest absolute Gasteiger partial charge is 0.147 e. The van der Waals surface area contributed by atoms with Gasteiger partial charge in [-0.2, -0.15) is 0 Å². The topological polar surface area (TPSA) is 0 Å². The second-order valence-corrected chi connectivity index (χ2v) is 5.73. The lowest BCUT2D eigenvalue weighted by molar-refractivity contribution is 1.18. The van der Waals surface area contributed by atoms with Crippen molar-refractivity contribution in [1.29, 1.82) is 0 Å². The van der Waals surface area contributed by atoms with E-state index in [1.54, 1.807) is 11.3 Å². The summed E-state index contributed by atoms with van der Waals surface area (Å²) in [6.45, 7) is 0. The van der Waals surface area contributed by atoms with Crippen LogP contribution in [0.2, 0.25) is 5.02 Å². The summed E-state index contributed by atoms with van der Waals surface area (Å²) < 4.78 is 0.892. The molecule has 78 valence electrons. The molecule has 0 spiro atoms. The summed E-state index contributed by atoms with van der Waals surface area (Å²) in [5.74, 6) is 0. The molecule has 0 saturated heterocycles. The summed E-state index contributed by atoms with van der Waals surface area (Å²) in [6, 6.07) is 9.81. The zero-order valence-corrected chi connectivity index (χ0v) is 11.5. The quantitative estimate of drug-likeness (QED) is 0.641. The summed E-state index contributed by atoms with van der Waals surface area (Å²) >= 11 is 17.4. The SMILES string of the molecule is Clc1cc(C(Cl)c2cccs2)ccc1Br. The Morgan fingerprint density at radius 3 is 2.67 bits per heavy atom. The molecule has 0 aliphatic carbocycles. The minimum absolute atomic E-state index is 0.115. The molecule has 0 N–H and O–H groups in total. The van der Waals surface area contributed by atoms with E-state index >= 15 is 0 Å². The third kappa shape index (κ3) is 2.56. The molecule has 2 rings (SSSR count). The molecular formula is C11H7BrCl2S. The highest BCUT2D eigenvalue weighted by Gasteiger charge is 2.12. The van der Waals surface area contributed by atoms with Crippen molar-refractivity contribution in [2.75, 3.05) is 0 Å². The van der Waals surface area contributed by atoms with Crippen molar-refractivity contribution >= 4 is 50.5 Å². The normalized spacial score (nSPS) is 12.7. The van der Waals surface area contributed by atoms with Gasteiger partial charge in [0.2, 0.25) is 0 Å². The zero-order chi connectivity index (χ0) is 10.8. The van der Waals surface area contributed by atoms with Crippen molar-refractivity contribution in [2.24, 2.45) is 0 Å². The van der Waals surface area contributed by atoms with Gasteiger partial charge in [0.15, 0.2) is 0 Å². The Labute approximate surface area is 111 Å². The van der Waals surface area contributed by atoms with Gasteiger partial charge >= 0.3 is 0 Å². The minimum atomic E-state index is -0.115. The monoisotopic (exact) mass is 320 g/mol. The van der Waals surface area contributed by atoms with E-state index in [4.69, 9.17) is 23.2 Å². The molecule has 0 fully saturated rings. The number of thiophene rings is 1. The highest BCUT2D eigenvalue weighted by molar-refractivity contribution is 9.10. The highest BCUT2D eigenvalue weighted by Crippen LogP contribution is 2.34. The standard InChI is InChI=1S/C11H7BrCl2S/c12-8-4-3-7(6-9(8)13)11(14)10-2-1-5-15-10/h1-6,11H. The molecule has 2 aromatic rings. The Balaban J connectivity index is 2.34. The number of halogens is 3. The molecule has 15 heavy (non-hydrogen) atoms. The van der Waals surface area contributed by atoms with Gasteiger partial charge in [-0.05, 0) is 45.1 Å². The Bertz CT molecular complexity index is 454. The summed E-state index contributed by atoms with van der Waals surface area (Å²) in [5.41, 5.74) is 1.02. The maximum absolute atomic E-state index is 6.33. The Hall–Kier alpha value is -0.0200. The van der Waals surface area contributed by atoms with Crippen molar-refractivity contribution in [2.45, 2.75) is 5.38 Å². The van der Waals surface area contributed by atoms with Crippen LogP contribution in [-0.4, -0.2) is 0 Å². The molecule has 0 bridgehead atoms. The van der Waals surface area contributed by atoms with Crippen molar-refractivity contribution < 1.29 is 0 Å². The number of hydrogen-bond acceptors (Lipinski definition) is 1. The lowest BCUT2D eigenvalue weighted by Crippen LogP contribution is -1.89. The first-order chi connectivity index (χ1) is 7.18. The molecule has 1 heterocycles. The number of rotatable bonds is 2. The number of alkyl halides is 1. The van der Waals surface area contributed by atoms with Gasteiger partial charge in [0.25, 0.3) is 0 Å². The number of hydrogen-bond donors (Lipinski definition) is 0. The van der Waals surface area contributed by atoms with Crippen LogP contribution in [0, 0.1) is 0 Å². The molecule has 0 radical (unpaired) electrons. The molecule has 0 aliphatic rings. The molecule has 1 aromatic heterocycles. The van der Waals surface area contributed by atoms with Crippen LogP contribution in [-0.2, 0) is 0 Å². The Morgan fingerprint density at radius 2 is 2.07 bits per heavy atom. The zero-order valence-electron chi connectivity index (χ0n) is 7.58. The van der Waals surface area contributed by atoms with Gasteiger partial charge in [-0.1, -0.05) is 23.7 Å². The highest BCUT2D eigenvalue weighted by atomic mass is 79.9. The number of benzene rings is 1. The molecule has 0 nitrogen and oxygen atoms in total. The van der Waals surface area contributed by atoms with Crippen LogP contribution in [0.5, 0.6) is 0 Å². The predicted octanol–water partition coefficient (Wildman–Crippen LogP) is 5.49. The summed E-state index contributed by atoms with van der Waals surface area (Å²) in [7, 11) is 0. The van der Waals surface area contributed by atoms with Gasteiger partial charge in [0.05, 0.1) is 10.4 Å². The van der Waals surface area contributed by atoms with E-state index in [0.717, 1.165) is 14.9 Å². The smallest absolute Gasteiger partial charge is 0.0928 e. The lowest BCUT2D eigenvalue weighted by atomic mass is 10.1. The van der Waals surface area contributed by atoms with E-state index < -0.39 is 0 Å². The fourth-order valence-corrected chi connectivity index (χ4v) is 2.80. The van der Waals surface area contributed by atoms with E-state index in [1.165, 1.54) is 0 Å². The van der Waals surface area contributed by atoms with Gasteiger partial charge in [-0.3, -0.25) is 0 Å². The first kappa shape index (κ1) is 11.5. The predicted molar refractivity (Wildman–Crippen MR) is 71.2 cm³/mol. The minimum Gasteiger partial charge on any atom is -0.147 e. The average Bonchev–Trinajstić information content (AvgIpc) is 2.74. The first-order valence-corrected chi connectivity index (χ1v) is 6.79. The van der Waals surface area contributed by atoms with Crippen LogP contribution in [0.3, 0.4) is 0 Å². The molecule has 0 amide bonds. The van der Waals surface area contributed by atoms with Crippen molar-refractivity contribution in [3.05, 3.63) is 55.6 Å². The van der Waals surface area contributed by atoms with E-state index in [1.807, 2.05) is 35.7 Å². The third-order valence-corrected chi connectivity index (χ3v) is 4.82. The van der Waals surface area contributed by atoms with Crippen molar-refractivity contribution in [1.82, 2.24) is 0 Å². The van der Waals surface area contributed by atoms with E-state index in [9.17, 15) is 0 Å². The van der Waals surface area contributed by atoms with Crippen LogP contribution in [0.25, 0.3) is 0 Å². The lowest BCUT2D eigenvalue weighted by Gasteiger charge is -2.08. The van der Waals surface area contributed by atoms with Gasteiger partial charge in [0.1, 0.15) is 0 Å². The fraction of sp³-hybridized carbons (Fsp3) is 0.0909. The van der Waals surface area contributed by atoms with Crippen molar-refractivity contribution in [3.8, 4) is 0 Å². The van der Waals surface area contributed by atoms with Crippen LogP contribution in [0.1, 0.15) is 15.8 Å². The molecule has 0 saturated carbocycles. The second kappa shape index (κ2) is 4.88. The van der Waals surface area contributed by atoms with E-state index in [0.29, 0.717) is 5.02 Å². The van der Waals surface area contributed by atoms with Gasteiger partial charge < -0.3 is 0 Å². The van der Waals surface area contributed by atoms with E-state index in [2.05, 4.69) is 15.9 Å².